The lowest BCUT2D eigenvalue weighted by molar-refractivity contribution is 0.127. The van der Waals surface area contributed by atoms with Crippen LogP contribution in [0.2, 0.25) is 0 Å². The SMILES string of the molecule is CCNc1ncnc(SC2CCOC2C)c1C(C)C. The van der Waals surface area contributed by atoms with Crippen LogP contribution < -0.4 is 5.32 Å². The smallest absolute Gasteiger partial charge is 0.133 e. The van der Waals surface area contributed by atoms with Crippen LogP contribution in [0.1, 0.15) is 45.6 Å². The highest BCUT2D eigenvalue weighted by molar-refractivity contribution is 8.00. The number of anilines is 1. The van der Waals surface area contributed by atoms with Gasteiger partial charge in [-0.15, -0.1) is 0 Å². The van der Waals surface area contributed by atoms with Gasteiger partial charge in [-0.05, 0) is 26.2 Å². The van der Waals surface area contributed by atoms with Gasteiger partial charge in [-0.1, -0.05) is 25.6 Å². The Morgan fingerprint density at radius 1 is 1.47 bits per heavy atom. The average Bonchev–Trinajstić information content (AvgIpc) is 2.75. The second-order valence-electron chi connectivity index (χ2n) is 5.15. The van der Waals surface area contributed by atoms with E-state index in [1.54, 1.807) is 6.33 Å². The summed E-state index contributed by atoms with van der Waals surface area (Å²) in [4.78, 5) is 8.87. The van der Waals surface area contributed by atoms with Gasteiger partial charge in [0.15, 0.2) is 0 Å². The highest BCUT2D eigenvalue weighted by atomic mass is 32.2. The molecule has 1 aromatic rings. The number of nitrogens with zero attached hydrogens (tertiary/aromatic N) is 2. The van der Waals surface area contributed by atoms with E-state index >= 15 is 0 Å². The van der Waals surface area contributed by atoms with Crippen molar-refractivity contribution in [2.45, 2.75) is 56.4 Å². The van der Waals surface area contributed by atoms with Gasteiger partial charge in [0.25, 0.3) is 0 Å². The lowest BCUT2D eigenvalue weighted by Crippen LogP contribution is -2.15. The Balaban J connectivity index is 2.25. The molecule has 1 N–H and O–H groups in total. The van der Waals surface area contributed by atoms with Crippen LogP contribution in [-0.4, -0.2) is 34.5 Å². The summed E-state index contributed by atoms with van der Waals surface area (Å²) in [6, 6.07) is 0. The molecule has 2 heterocycles. The Morgan fingerprint density at radius 2 is 2.26 bits per heavy atom. The maximum absolute atomic E-state index is 5.64. The summed E-state index contributed by atoms with van der Waals surface area (Å²) in [5.74, 6) is 1.39. The number of rotatable bonds is 5. The predicted octanol–water partition coefficient (Wildman–Crippen LogP) is 3.30. The fraction of sp³-hybridized carbons (Fsp3) is 0.714. The molecule has 0 spiro atoms. The van der Waals surface area contributed by atoms with Crippen LogP contribution >= 0.6 is 11.8 Å². The molecule has 19 heavy (non-hydrogen) atoms. The lowest BCUT2D eigenvalue weighted by Gasteiger charge is -2.19. The van der Waals surface area contributed by atoms with Crippen molar-refractivity contribution in [1.29, 1.82) is 0 Å². The van der Waals surface area contributed by atoms with Crippen molar-refractivity contribution in [3.63, 3.8) is 0 Å². The Kier molecular flexibility index (Phi) is 5.05. The molecular weight excluding hydrogens is 258 g/mol. The molecule has 1 fully saturated rings. The molecule has 1 saturated heterocycles. The summed E-state index contributed by atoms with van der Waals surface area (Å²) in [6.45, 7) is 10.4. The molecule has 0 saturated carbocycles. The number of hydrogen-bond acceptors (Lipinski definition) is 5. The quantitative estimate of drug-likeness (QED) is 0.839. The van der Waals surface area contributed by atoms with Gasteiger partial charge in [-0.2, -0.15) is 0 Å². The summed E-state index contributed by atoms with van der Waals surface area (Å²) < 4.78 is 5.64. The van der Waals surface area contributed by atoms with Crippen LogP contribution in [0, 0.1) is 0 Å². The van der Waals surface area contributed by atoms with E-state index in [2.05, 4.69) is 43.0 Å². The molecule has 0 radical (unpaired) electrons. The van der Waals surface area contributed by atoms with Gasteiger partial charge >= 0.3 is 0 Å². The first-order valence-electron chi connectivity index (χ1n) is 7.00. The van der Waals surface area contributed by atoms with Crippen molar-refractivity contribution >= 4 is 17.6 Å². The molecule has 0 aromatic carbocycles. The van der Waals surface area contributed by atoms with Crippen molar-refractivity contribution in [2.75, 3.05) is 18.5 Å². The first-order chi connectivity index (χ1) is 9.13. The van der Waals surface area contributed by atoms with E-state index < -0.39 is 0 Å². The van der Waals surface area contributed by atoms with Gasteiger partial charge in [-0.3, -0.25) is 0 Å². The highest BCUT2D eigenvalue weighted by Gasteiger charge is 2.27. The maximum Gasteiger partial charge on any atom is 0.133 e. The Labute approximate surface area is 119 Å². The average molecular weight is 281 g/mol. The predicted molar refractivity (Wildman–Crippen MR) is 80.0 cm³/mol. The van der Waals surface area contributed by atoms with Crippen LogP contribution in [-0.2, 0) is 4.74 Å². The topological polar surface area (TPSA) is 47.0 Å². The molecule has 5 heteroatoms. The lowest BCUT2D eigenvalue weighted by atomic mass is 10.1. The highest BCUT2D eigenvalue weighted by Crippen LogP contribution is 2.37. The van der Waals surface area contributed by atoms with Gasteiger partial charge in [0.2, 0.25) is 0 Å². The van der Waals surface area contributed by atoms with E-state index in [1.165, 1.54) is 5.56 Å². The van der Waals surface area contributed by atoms with Crippen LogP contribution in [0.5, 0.6) is 0 Å². The molecule has 2 rings (SSSR count). The van der Waals surface area contributed by atoms with Crippen LogP contribution in [0.25, 0.3) is 0 Å². The zero-order chi connectivity index (χ0) is 13.8. The van der Waals surface area contributed by atoms with Crippen molar-refractivity contribution < 1.29 is 4.74 Å². The standard InChI is InChI=1S/C14H23N3OS/c1-5-15-13-12(9(2)3)14(17-8-16-13)19-11-6-7-18-10(11)4/h8-11H,5-7H2,1-4H3,(H,15,16,17). The zero-order valence-corrected chi connectivity index (χ0v) is 13.0. The summed E-state index contributed by atoms with van der Waals surface area (Å²) in [7, 11) is 0. The van der Waals surface area contributed by atoms with Crippen molar-refractivity contribution in [3.8, 4) is 0 Å². The summed E-state index contributed by atoms with van der Waals surface area (Å²) in [5.41, 5.74) is 1.23. The molecule has 1 aromatic heterocycles. The van der Waals surface area contributed by atoms with Gasteiger partial charge < -0.3 is 10.1 Å². The number of ether oxygens (including phenoxy) is 1. The molecule has 0 amide bonds. The first-order valence-corrected chi connectivity index (χ1v) is 7.88. The Morgan fingerprint density at radius 3 is 2.84 bits per heavy atom. The largest absolute Gasteiger partial charge is 0.377 e. The van der Waals surface area contributed by atoms with Crippen molar-refractivity contribution in [1.82, 2.24) is 9.97 Å². The molecule has 1 aliphatic rings. The maximum atomic E-state index is 5.64. The van der Waals surface area contributed by atoms with Crippen molar-refractivity contribution in [2.24, 2.45) is 0 Å². The van der Waals surface area contributed by atoms with Gasteiger partial charge in [0.1, 0.15) is 17.2 Å². The number of thioether (sulfide) groups is 1. The summed E-state index contributed by atoms with van der Waals surface area (Å²) >= 11 is 1.84. The Bertz CT molecular complexity index is 425. The molecule has 1 aliphatic heterocycles. The third kappa shape index (κ3) is 3.39. The van der Waals surface area contributed by atoms with Crippen LogP contribution in [0.3, 0.4) is 0 Å². The second-order valence-corrected chi connectivity index (χ2v) is 6.37. The summed E-state index contributed by atoms with van der Waals surface area (Å²) in [6.07, 6.45) is 3.07. The monoisotopic (exact) mass is 281 g/mol. The number of hydrogen-bond donors (Lipinski definition) is 1. The molecule has 2 atom stereocenters. The molecular formula is C14H23N3OS. The molecule has 2 unspecified atom stereocenters. The van der Waals surface area contributed by atoms with Crippen molar-refractivity contribution in [3.05, 3.63) is 11.9 Å². The van der Waals surface area contributed by atoms with E-state index in [1.807, 2.05) is 11.8 Å². The number of aromatic nitrogens is 2. The second kappa shape index (κ2) is 6.57. The van der Waals surface area contributed by atoms with Crippen LogP contribution in [0.4, 0.5) is 5.82 Å². The zero-order valence-electron chi connectivity index (χ0n) is 12.1. The fourth-order valence-corrected chi connectivity index (χ4v) is 3.65. The first kappa shape index (κ1) is 14.6. The number of nitrogens with one attached hydrogen (secondary N) is 1. The molecule has 106 valence electrons. The normalized spacial score (nSPS) is 23.0. The molecule has 4 nitrogen and oxygen atoms in total. The molecule has 0 aliphatic carbocycles. The minimum atomic E-state index is 0.308. The molecule has 0 bridgehead atoms. The minimum absolute atomic E-state index is 0.308. The van der Waals surface area contributed by atoms with E-state index in [0.29, 0.717) is 17.3 Å². The van der Waals surface area contributed by atoms with E-state index in [4.69, 9.17) is 4.74 Å². The van der Waals surface area contributed by atoms with Gasteiger partial charge in [0, 0.05) is 24.0 Å². The van der Waals surface area contributed by atoms with E-state index in [-0.39, 0.29) is 0 Å². The minimum Gasteiger partial charge on any atom is -0.377 e. The van der Waals surface area contributed by atoms with Crippen LogP contribution in [0.15, 0.2) is 11.4 Å². The summed E-state index contributed by atoms with van der Waals surface area (Å²) in [5, 5.41) is 4.94. The van der Waals surface area contributed by atoms with E-state index in [9.17, 15) is 0 Å². The van der Waals surface area contributed by atoms with E-state index in [0.717, 1.165) is 30.4 Å². The Hall–Kier alpha value is -0.810. The third-order valence-electron chi connectivity index (χ3n) is 3.34. The third-order valence-corrected chi connectivity index (χ3v) is 4.81. The van der Waals surface area contributed by atoms with Gasteiger partial charge in [-0.25, -0.2) is 9.97 Å². The van der Waals surface area contributed by atoms with Gasteiger partial charge in [0.05, 0.1) is 6.10 Å². The fourth-order valence-electron chi connectivity index (χ4n) is 2.31.